The molecule has 0 radical (unpaired) electrons. The maximum atomic E-state index is 12.6. The van der Waals surface area contributed by atoms with Gasteiger partial charge in [0.1, 0.15) is 0 Å². The number of halogens is 1. The van der Waals surface area contributed by atoms with Gasteiger partial charge in [-0.25, -0.2) is 4.99 Å². The average Bonchev–Trinajstić information content (AvgIpc) is 2.57. The molecule has 2 atom stereocenters. The first-order valence-electron chi connectivity index (χ1n) is 8.92. The Morgan fingerprint density at radius 2 is 1.85 bits per heavy atom. The predicted octanol–water partition coefficient (Wildman–Crippen LogP) is 2.61. The molecule has 146 valence electrons. The molecular formula is C19H31IN4O2. The summed E-state index contributed by atoms with van der Waals surface area (Å²) in [4.78, 5) is 18.8. The van der Waals surface area contributed by atoms with Crippen LogP contribution < -0.4 is 11.1 Å². The first kappa shape index (κ1) is 22.7. The van der Waals surface area contributed by atoms with Crippen LogP contribution in [0, 0.1) is 5.92 Å². The number of carbonyl (C=O) groups excluding carboxylic acids is 1. The molecule has 1 fully saturated rings. The fourth-order valence-electron chi connectivity index (χ4n) is 2.82. The van der Waals surface area contributed by atoms with E-state index in [2.05, 4.69) is 24.2 Å². The lowest BCUT2D eigenvalue weighted by atomic mass is 10.1. The molecule has 0 aliphatic carbocycles. The number of nitrogens with zero attached hydrogens (tertiary/aromatic N) is 2. The van der Waals surface area contributed by atoms with Gasteiger partial charge in [-0.1, -0.05) is 26.0 Å². The van der Waals surface area contributed by atoms with Gasteiger partial charge in [0.05, 0.1) is 18.8 Å². The van der Waals surface area contributed by atoms with Crippen molar-refractivity contribution in [1.82, 2.24) is 10.2 Å². The van der Waals surface area contributed by atoms with Crippen molar-refractivity contribution < 1.29 is 9.53 Å². The fraction of sp³-hybridized carbons (Fsp3) is 0.579. The zero-order valence-corrected chi connectivity index (χ0v) is 18.4. The number of ether oxygens (including phenoxy) is 1. The van der Waals surface area contributed by atoms with Gasteiger partial charge in [0.15, 0.2) is 5.96 Å². The lowest BCUT2D eigenvalue weighted by Crippen LogP contribution is -2.48. The van der Waals surface area contributed by atoms with Crippen molar-refractivity contribution in [2.45, 2.75) is 46.4 Å². The Kier molecular flexibility index (Phi) is 9.35. The van der Waals surface area contributed by atoms with E-state index in [1.54, 1.807) is 0 Å². The minimum Gasteiger partial charge on any atom is -0.372 e. The van der Waals surface area contributed by atoms with Crippen LogP contribution >= 0.6 is 24.0 Å². The highest BCUT2D eigenvalue weighted by molar-refractivity contribution is 14.0. The molecule has 1 aromatic carbocycles. The summed E-state index contributed by atoms with van der Waals surface area (Å²) in [5.41, 5.74) is 7.55. The predicted molar refractivity (Wildman–Crippen MR) is 116 cm³/mol. The highest BCUT2D eigenvalue weighted by Gasteiger charge is 2.26. The molecule has 2 unspecified atom stereocenters. The van der Waals surface area contributed by atoms with Gasteiger partial charge in [-0.05, 0) is 37.5 Å². The second kappa shape index (κ2) is 10.7. The Labute approximate surface area is 173 Å². The molecule has 1 aromatic rings. The molecule has 6 nitrogen and oxygen atoms in total. The summed E-state index contributed by atoms with van der Waals surface area (Å²) in [5.74, 6) is 1.02. The number of nitrogens with one attached hydrogen (secondary N) is 1. The van der Waals surface area contributed by atoms with Crippen molar-refractivity contribution >= 4 is 35.8 Å². The van der Waals surface area contributed by atoms with Crippen LogP contribution in [-0.2, 0) is 11.3 Å². The smallest absolute Gasteiger partial charge is 0.254 e. The normalized spacial score (nSPS) is 20.7. The standard InChI is InChI=1S/C19H30N4O2.HI/c1-13(2)9-21-19(20)22-10-16-5-7-17(8-6-16)18(24)23-11-14(3)25-15(4)12-23;/h5-8,13-15H,9-12H2,1-4H3,(H3,20,21,22);1H. The van der Waals surface area contributed by atoms with Crippen molar-refractivity contribution in [2.75, 3.05) is 19.6 Å². The third-order valence-corrected chi connectivity index (χ3v) is 4.03. The Morgan fingerprint density at radius 1 is 1.27 bits per heavy atom. The van der Waals surface area contributed by atoms with Crippen LogP contribution in [-0.4, -0.2) is 48.6 Å². The van der Waals surface area contributed by atoms with Gasteiger partial charge in [0.2, 0.25) is 0 Å². The molecule has 0 bridgehead atoms. The zero-order valence-electron chi connectivity index (χ0n) is 16.1. The van der Waals surface area contributed by atoms with E-state index in [1.807, 2.05) is 43.0 Å². The number of nitrogens with two attached hydrogens (primary N) is 1. The molecule has 0 aromatic heterocycles. The summed E-state index contributed by atoms with van der Waals surface area (Å²) in [7, 11) is 0. The summed E-state index contributed by atoms with van der Waals surface area (Å²) in [6, 6.07) is 7.57. The van der Waals surface area contributed by atoms with Gasteiger partial charge in [-0.15, -0.1) is 24.0 Å². The molecule has 1 aliphatic rings. The first-order valence-corrected chi connectivity index (χ1v) is 8.92. The molecule has 1 aliphatic heterocycles. The Bertz CT molecular complexity index is 594. The van der Waals surface area contributed by atoms with Crippen molar-refractivity contribution in [3.05, 3.63) is 35.4 Å². The van der Waals surface area contributed by atoms with Crippen molar-refractivity contribution in [3.8, 4) is 0 Å². The van der Waals surface area contributed by atoms with Gasteiger partial charge in [-0.3, -0.25) is 4.79 Å². The molecule has 7 heteroatoms. The van der Waals surface area contributed by atoms with E-state index in [1.165, 1.54) is 0 Å². The minimum absolute atomic E-state index is 0. The number of carbonyl (C=O) groups is 1. The van der Waals surface area contributed by atoms with Crippen LogP contribution in [0.1, 0.15) is 43.6 Å². The molecule has 1 heterocycles. The number of benzene rings is 1. The van der Waals surface area contributed by atoms with Gasteiger partial charge >= 0.3 is 0 Å². The number of morpholine rings is 1. The third kappa shape index (κ3) is 7.11. The van der Waals surface area contributed by atoms with Crippen LogP contribution in [0.15, 0.2) is 29.3 Å². The number of aliphatic imine (C=N–C) groups is 1. The second-order valence-corrected chi connectivity index (χ2v) is 7.14. The van der Waals surface area contributed by atoms with Crippen LogP contribution in [0.4, 0.5) is 0 Å². The van der Waals surface area contributed by atoms with E-state index in [0.717, 1.165) is 12.1 Å². The summed E-state index contributed by atoms with van der Waals surface area (Å²) >= 11 is 0. The largest absolute Gasteiger partial charge is 0.372 e. The summed E-state index contributed by atoms with van der Waals surface area (Å²) in [5, 5.41) is 3.09. The number of amides is 1. The van der Waals surface area contributed by atoms with Crippen LogP contribution in [0.25, 0.3) is 0 Å². The highest BCUT2D eigenvalue weighted by Crippen LogP contribution is 2.15. The van der Waals surface area contributed by atoms with E-state index < -0.39 is 0 Å². The lowest BCUT2D eigenvalue weighted by molar-refractivity contribution is -0.0586. The highest BCUT2D eigenvalue weighted by atomic mass is 127. The summed E-state index contributed by atoms with van der Waals surface area (Å²) in [6.07, 6.45) is 0.144. The Hall–Kier alpha value is -1.35. The summed E-state index contributed by atoms with van der Waals surface area (Å²) in [6.45, 7) is 10.8. The molecule has 3 N–H and O–H groups in total. The maximum Gasteiger partial charge on any atom is 0.254 e. The first-order chi connectivity index (χ1) is 11.8. The molecular weight excluding hydrogens is 443 g/mol. The lowest BCUT2D eigenvalue weighted by Gasteiger charge is -2.35. The monoisotopic (exact) mass is 474 g/mol. The molecule has 0 spiro atoms. The van der Waals surface area contributed by atoms with Gasteiger partial charge < -0.3 is 20.7 Å². The van der Waals surface area contributed by atoms with Gasteiger partial charge in [-0.2, -0.15) is 0 Å². The topological polar surface area (TPSA) is 79.9 Å². The van der Waals surface area contributed by atoms with Crippen LogP contribution in [0.3, 0.4) is 0 Å². The van der Waals surface area contributed by atoms with Gasteiger partial charge in [0.25, 0.3) is 5.91 Å². The van der Waals surface area contributed by atoms with Crippen molar-refractivity contribution in [1.29, 1.82) is 0 Å². The van der Waals surface area contributed by atoms with E-state index in [9.17, 15) is 4.79 Å². The molecule has 1 saturated heterocycles. The minimum atomic E-state index is 0. The fourth-order valence-corrected chi connectivity index (χ4v) is 2.82. The number of hydrogen-bond donors (Lipinski definition) is 2. The second-order valence-electron chi connectivity index (χ2n) is 7.14. The number of rotatable bonds is 5. The molecule has 1 amide bonds. The van der Waals surface area contributed by atoms with E-state index >= 15 is 0 Å². The number of hydrogen-bond acceptors (Lipinski definition) is 3. The zero-order chi connectivity index (χ0) is 18.4. The third-order valence-electron chi connectivity index (χ3n) is 4.03. The summed E-state index contributed by atoms with van der Waals surface area (Å²) < 4.78 is 5.68. The molecule has 2 rings (SSSR count). The SMILES string of the molecule is CC(C)CNC(N)=NCc1ccc(C(=O)N2CC(C)OC(C)C2)cc1.I. The van der Waals surface area contributed by atoms with Crippen molar-refractivity contribution in [3.63, 3.8) is 0 Å². The van der Waals surface area contributed by atoms with Gasteiger partial charge in [0, 0.05) is 25.2 Å². The van der Waals surface area contributed by atoms with E-state index in [0.29, 0.717) is 37.1 Å². The Morgan fingerprint density at radius 3 is 2.38 bits per heavy atom. The quantitative estimate of drug-likeness (QED) is 0.391. The molecule has 0 saturated carbocycles. The average molecular weight is 474 g/mol. The van der Waals surface area contributed by atoms with Crippen molar-refractivity contribution in [2.24, 2.45) is 16.6 Å². The maximum absolute atomic E-state index is 12.6. The molecule has 26 heavy (non-hydrogen) atoms. The van der Waals surface area contributed by atoms with Crippen LogP contribution in [0.5, 0.6) is 0 Å². The number of guanidine groups is 1. The van der Waals surface area contributed by atoms with Crippen LogP contribution in [0.2, 0.25) is 0 Å². The van der Waals surface area contributed by atoms with E-state index in [-0.39, 0.29) is 42.1 Å². The Balaban J connectivity index is 0.00000338. The van der Waals surface area contributed by atoms with E-state index in [4.69, 9.17) is 10.5 Å².